The molecule has 304 valence electrons. The molecule has 3 N–H and O–H groups in total. The molecule has 1 unspecified atom stereocenters. The second-order valence-electron chi connectivity index (χ2n) is 14.4. The zero-order chi connectivity index (χ0) is 41.7. The molecule has 1 amide bonds. The summed E-state index contributed by atoms with van der Waals surface area (Å²) >= 11 is 0. The molecule has 17 heteroatoms. The van der Waals surface area contributed by atoms with Crippen molar-refractivity contribution < 1.29 is 47.0 Å². The van der Waals surface area contributed by atoms with E-state index in [0.29, 0.717) is 17.2 Å². The van der Waals surface area contributed by atoms with E-state index in [1.165, 1.54) is 22.5 Å². The highest BCUT2D eigenvalue weighted by Crippen LogP contribution is 2.43. The van der Waals surface area contributed by atoms with Crippen LogP contribution in [-0.4, -0.2) is 115 Å². The number of fused-ring (bicyclic) bond motifs is 2. The zero-order valence-corrected chi connectivity index (χ0v) is 33.5. The average molecular weight is 810 g/mol. The molecule has 2 aliphatic rings. The molecule has 0 saturated carbocycles. The van der Waals surface area contributed by atoms with Crippen LogP contribution in [0.5, 0.6) is 5.75 Å². The van der Waals surface area contributed by atoms with Crippen molar-refractivity contribution in [3.8, 4) is 5.75 Å². The minimum Gasteiger partial charge on any atom is -0.478 e. The monoisotopic (exact) mass is 809 g/mol. The third-order valence-corrected chi connectivity index (χ3v) is 13.3. The van der Waals surface area contributed by atoms with Gasteiger partial charge in [0.1, 0.15) is 19.5 Å². The lowest BCUT2D eigenvalue weighted by Crippen LogP contribution is -2.50. The Bertz CT molecular complexity index is 2120. The molecule has 1 aliphatic heterocycles. The number of halogens is 3. The van der Waals surface area contributed by atoms with Gasteiger partial charge in [-0.25, -0.2) is 4.79 Å². The maximum absolute atomic E-state index is 13.4. The number of carboxylic acid groups (broad SMARTS) is 1. The first-order valence-corrected chi connectivity index (χ1v) is 21.1. The fraction of sp³-hybridized carbons (Fsp3) is 0.350. The van der Waals surface area contributed by atoms with Crippen LogP contribution in [0, 0.1) is 10.1 Å². The summed E-state index contributed by atoms with van der Waals surface area (Å²) in [5.74, 6) is -2.20. The number of amides is 1. The summed E-state index contributed by atoms with van der Waals surface area (Å²) in [7, 11) is 5.76. The summed E-state index contributed by atoms with van der Waals surface area (Å²) in [5, 5.41) is 29.7. The normalized spacial score (nSPS) is 15.8. The van der Waals surface area contributed by atoms with E-state index in [1.807, 2.05) is 34.3 Å². The first kappa shape index (κ1) is 42.6. The summed E-state index contributed by atoms with van der Waals surface area (Å²) in [6.07, 6.45) is 1.50. The first-order chi connectivity index (χ1) is 26.9. The average Bonchev–Trinajstić information content (AvgIpc) is 3.14. The Kier molecular flexibility index (Phi) is 13.3. The number of carbonyl (C=O) groups is 2. The van der Waals surface area contributed by atoms with E-state index in [9.17, 15) is 38.0 Å². The summed E-state index contributed by atoms with van der Waals surface area (Å²) in [4.78, 5) is 40.8. The van der Waals surface area contributed by atoms with Crippen LogP contribution in [0.3, 0.4) is 0 Å². The Morgan fingerprint density at radius 3 is 2.26 bits per heavy atom. The van der Waals surface area contributed by atoms with Gasteiger partial charge < -0.3 is 34.9 Å². The van der Waals surface area contributed by atoms with Gasteiger partial charge in [0.15, 0.2) is 0 Å². The Balaban J connectivity index is 1.21. The van der Waals surface area contributed by atoms with Crippen molar-refractivity contribution in [3.63, 3.8) is 0 Å². The number of alkyl halides is 3. The van der Waals surface area contributed by atoms with E-state index in [-0.39, 0.29) is 56.8 Å². The third kappa shape index (κ3) is 10.1. The van der Waals surface area contributed by atoms with E-state index in [4.69, 9.17) is 9.47 Å². The highest BCUT2D eigenvalue weighted by molar-refractivity contribution is 6.97. The van der Waals surface area contributed by atoms with Gasteiger partial charge in [0.2, 0.25) is 0 Å². The lowest BCUT2D eigenvalue weighted by Gasteiger charge is -2.40. The van der Waals surface area contributed by atoms with E-state index in [0.717, 1.165) is 34.5 Å². The molecule has 1 aliphatic carbocycles. The highest BCUT2D eigenvalue weighted by atomic mass is 28.3. The molecule has 1 atom stereocenters. The van der Waals surface area contributed by atoms with Crippen molar-refractivity contribution >= 4 is 47.8 Å². The van der Waals surface area contributed by atoms with Gasteiger partial charge in [-0.3, -0.25) is 19.8 Å². The highest BCUT2D eigenvalue weighted by Gasteiger charge is 2.41. The first-order valence-electron chi connectivity index (χ1n) is 18.1. The van der Waals surface area contributed by atoms with Crippen LogP contribution < -0.4 is 25.5 Å². The van der Waals surface area contributed by atoms with Gasteiger partial charge in [0.05, 0.1) is 43.0 Å². The molecule has 0 bridgehead atoms. The Morgan fingerprint density at radius 2 is 1.63 bits per heavy atom. The molecule has 13 nitrogen and oxygen atoms in total. The predicted octanol–water partition coefficient (Wildman–Crippen LogP) is 5.83. The maximum Gasteiger partial charge on any atom is 0.573 e. The number of hydrogen-bond donors (Lipinski definition) is 3. The molecule has 0 radical (unpaired) electrons. The number of hydrogen-bond acceptors (Lipinski definition) is 10. The number of carbonyl (C=O) groups excluding carboxylic acids is 1. The van der Waals surface area contributed by atoms with Crippen molar-refractivity contribution in [1.29, 1.82) is 0 Å². The van der Waals surface area contributed by atoms with Gasteiger partial charge >= 0.3 is 12.3 Å². The van der Waals surface area contributed by atoms with Crippen molar-refractivity contribution in [1.82, 2.24) is 10.2 Å². The van der Waals surface area contributed by atoms with Gasteiger partial charge in [0, 0.05) is 44.5 Å². The second kappa shape index (κ2) is 17.8. The van der Waals surface area contributed by atoms with E-state index in [1.54, 1.807) is 6.07 Å². The SMILES string of the molecule is CN(C)c1ccc2c(c1)[Si](C)(C)C1=CC(N(C)C)C=CC1=C2c1cc(C(=O)NCCOCCOCCNc2ccc(OC(F)(F)F)cc2[N+](=O)[O-])ccc1C(=O)O. The molecule has 3 aromatic carbocycles. The van der Waals surface area contributed by atoms with Crippen LogP contribution in [0.1, 0.15) is 31.8 Å². The van der Waals surface area contributed by atoms with Crippen molar-refractivity contribution in [2.24, 2.45) is 0 Å². The summed E-state index contributed by atoms with van der Waals surface area (Å²) < 4.78 is 52.2. The summed E-state index contributed by atoms with van der Waals surface area (Å²) in [6.45, 7) is 5.56. The maximum atomic E-state index is 13.4. The van der Waals surface area contributed by atoms with Crippen LogP contribution in [0.2, 0.25) is 13.1 Å². The number of rotatable bonds is 17. The van der Waals surface area contributed by atoms with E-state index >= 15 is 0 Å². The van der Waals surface area contributed by atoms with Crippen molar-refractivity contribution in [3.05, 3.63) is 116 Å². The number of ether oxygens (including phenoxy) is 3. The number of carboxylic acids is 1. The van der Waals surface area contributed by atoms with Gasteiger partial charge in [0.25, 0.3) is 11.6 Å². The standard InChI is InChI=1S/C40H46F3N5O8Si/c1-46(2)26-8-12-30-35(22-26)57(5,6)36-23-27(47(3)4)9-13-31(36)37(30)32-21-25(7-11-29(32)39(50)51)38(49)45-16-18-55-20-19-54-17-15-44-33-14-10-28(56-40(41,42)43)24-34(33)48(52)53/h7-14,21-24,26,44H,15-20H2,1-6H3,(H,45,49)(H,50,51). The number of nitro groups is 1. The Morgan fingerprint density at radius 1 is 0.930 bits per heavy atom. The van der Waals surface area contributed by atoms with Crippen molar-refractivity contribution in [2.45, 2.75) is 25.5 Å². The molecule has 5 rings (SSSR count). The van der Waals surface area contributed by atoms with Crippen LogP contribution in [0.25, 0.3) is 5.57 Å². The zero-order valence-electron chi connectivity index (χ0n) is 32.5. The van der Waals surface area contributed by atoms with Crippen LogP contribution in [-0.2, 0) is 9.47 Å². The minimum absolute atomic E-state index is 0.00510. The lowest BCUT2D eigenvalue weighted by molar-refractivity contribution is -0.384. The Hall–Kier alpha value is -5.49. The number of anilines is 2. The number of allylic oxidation sites excluding steroid dienone is 3. The smallest absolute Gasteiger partial charge is 0.478 e. The van der Waals surface area contributed by atoms with E-state index < -0.39 is 42.7 Å². The molecule has 0 fully saturated rings. The van der Waals surface area contributed by atoms with Crippen LogP contribution in [0.15, 0.2) is 83.6 Å². The predicted molar refractivity (Wildman–Crippen MR) is 214 cm³/mol. The number of nitrogens with zero attached hydrogens (tertiary/aromatic N) is 3. The number of benzene rings is 3. The lowest BCUT2D eigenvalue weighted by atomic mass is 9.86. The number of likely N-dealkylation sites (N-methyl/N-ethyl adjacent to an activating group) is 1. The summed E-state index contributed by atoms with van der Waals surface area (Å²) in [5.41, 5.74) is 4.02. The molecule has 57 heavy (non-hydrogen) atoms. The van der Waals surface area contributed by atoms with E-state index in [2.05, 4.69) is 68.6 Å². The van der Waals surface area contributed by atoms with Gasteiger partial charge in [-0.1, -0.05) is 37.4 Å². The number of nitrogens with one attached hydrogen (secondary N) is 2. The fourth-order valence-electron chi connectivity index (χ4n) is 6.82. The molecular weight excluding hydrogens is 764 g/mol. The molecule has 0 aromatic heterocycles. The molecule has 3 aromatic rings. The topological polar surface area (TPSA) is 156 Å². The molecular formula is C40H46F3N5O8Si. The molecule has 0 spiro atoms. The number of nitro benzene ring substituents is 1. The van der Waals surface area contributed by atoms with Crippen LogP contribution in [0.4, 0.5) is 30.2 Å². The van der Waals surface area contributed by atoms with Gasteiger partial charge in [-0.05, 0) is 89.2 Å². The van der Waals surface area contributed by atoms with Crippen molar-refractivity contribution in [2.75, 3.05) is 77.9 Å². The molecule has 0 saturated heterocycles. The van der Waals surface area contributed by atoms with Gasteiger partial charge in [-0.15, -0.1) is 13.2 Å². The summed E-state index contributed by atoms with van der Waals surface area (Å²) in [6, 6.07) is 13.8. The second-order valence-corrected chi connectivity index (χ2v) is 18.7. The van der Waals surface area contributed by atoms with Gasteiger partial charge in [-0.2, -0.15) is 0 Å². The third-order valence-electron chi connectivity index (χ3n) is 9.74. The minimum atomic E-state index is -4.98. The molecule has 1 heterocycles. The van der Waals surface area contributed by atoms with Crippen LogP contribution >= 0.6 is 0 Å². The Labute approximate surface area is 329 Å². The fourth-order valence-corrected chi connectivity index (χ4v) is 9.97. The largest absolute Gasteiger partial charge is 0.573 e. The number of aromatic carboxylic acids is 1. The quantitative estimate of drug-likeness (QED) is 0.0653.